The summed E-state index contributed by atoms with van der Waals surface area (Å²) in [6, 6.07) is 2.56. The van der Waals surface area contributed by atoms with Crippen LogP contribution in [0.5, 0.6) is 0 Å². The number of furan rings is 1. The van der Waals surface area contributed by atoms with Gasteiger partial charge in [-0.3, -0.25) is 4.79 Å². The van der Waals surface area contributed by atoms with Crippen LogP contribution in [0.15, 0.2) is 16.5 Å². The van der Waals surface area contributed by atoms with Gasteiger partial charge < -0.3 is 20.4 Å². The Labute approximate surface area is 131 Å². The van der Waals surface area contributed by atoms with Crippen molar-refractivity contribution in [3.63, 3.8) is 0 Å². The van der Waals surface area contributed by atoms with Gasteiger partial charge in [0.05, 0.1) is 6.04 Å². The number of nitrogens with two attached hydrogens (primary N) is 1. The van der Waals surface area contributed by atoms with Crippen molar-refractivity contribution in [2.24, 2.45) is 5.73 Å². The Morgan fingerprint density at radius 1 is 1.41 bits per heavy atom. The second-order valence-corrected chi connectivity index (χ2v) is 5.78. The Morgan fingerprint density at radius 3 is 2.82 bits per heavy atom. The van der Waals surface area contributed by atoms with Gasteiger partial charge in [-0.25, -0.2) is 4.79 Å². The van der Waals surface area contributed by atoms with Crippen LogP contribution in [-0.4, -0.2) is 29.4 Å². The zero-order valence-corrected chi connectivity index (χ0v) is 13.3. The lowest BCUT2D eigenvalue weighted by atomic mass is 10.1. The van der Waals surface area contributed by atoms with E-state index in [1.807, 2.05) is 24.0 Å². The number of urea groups is 1. The van der Waals surface area contributed by atoms with Crippen molar-refractivity contribution >= 4 is 11.9 Å². The van der Waals surface area contributed by atoms with Crippen molar-refractivity contribution < 1.29 is 14.0 Å². The van der Waals surface area contributed by atoms with Crippen LogP contribution in [-0.2, 0) is 11.2 Å². The van der Waals surface area contributed by atoms with E-state index in [0.29, 0.717) is 6.54 Å². The van der Waals surface area contributed by atoms with Gasteiger partial charge in [0.15, 0.2) is 0 Å². The number of likely N-dealkylation sites (tertiary alicyclic amines) is 1. The van der Waals surface area contributed by atoms with E-state index in [9.17, 15) is 9.59 Å². The second-order valence-electron chi connectivity index (χ2n) is 5.78. The molecule has 1 aliphatic rings. The average Bonchev–Trinajstić information content (AvgIpc) is 2.82. The van der Waals surface area contributed by atoms with E-state index in [1.165, 1.54) is 0 Å². The number of hydrogen-bond acceptors (Lipinski definition) is 3. The summed E-state index contributed by atoms with van der Waals surface area (Å²) in [6.45, 7) is 4.38. The van der Waals surface area contributed by atoms with Gasteiger partial charge >= 0.3 is 6.03 Å². The number of nitrogens with zero attached hydrogens (tertiary/aromatic N) is 1. The molecule has 0 unspecified atom stereocenters. The molecule has 0 radical (unpaired) electrons. The summed E-state index contributed by atoms with van der Waals surface area (Å²) in [5.41, 5.74) is 5.12. The normalized spacial score (nSPS) is 20.3. The standard InChI is InChI=1S/C16H25N3O3/c1-3-12-8-9-14(22-12)13-7-5-4-6-10-19(13)15(20)11(2)18-16(17)21/h8-9,11,13H,3-7,10H2,1-2H3,(H3,17,18,21)/t11-,13-/m1/s1. The Hall–Kier alpha value is -1.98. The zero-order valence-electron chi connectivity index (χ0n) is 13.3. The highest BCUT2D eigenvalue weighted by molar-refractivity contribution is 5.86. The summed E-state index contributed by atoms with van der Waals surface area (Å²) >= 11 is 0. The summed E-state index contributed by atoms with van der Waals surface area (Å²) in [6.07, 6.45) is 4.84. The molecule has 2 atom stereocenters. The molecule has 1 aromatic heterocycles. The molecule has 1 aliphatic heterocycles. The molecule has 2 heterocycles. The predicted molar refractivity (Wildman–Crippen MR) is 83.2 cm³/mol. The number of rotatable bonds is 4. The summed E-state index contributed by atoms with van der Waals surface area (Å²) in [4.78, 5) is 25.5. The highest BCUT2D eigenvalue weighted by Crippen LogP contribution is 2.31. The second kappa shape index (κ2) is 7.33. The predicted octanol–water partition coefficient (Wildman–Crippen LogP) is 2.34. The van der Waals surface area contributed by atoms with E-state index in [2.05, 4.69) is 5.32 Å². The molecule has 0 aromatic carbocycles. The quantitative estimate of drug-likeness (QED) is 0.894. The zero-order chi connectivity index (χ0) is 16.1. The van der Waals surface area contributed by atoms with Crippen LogP contribution >= 0.6 is 0 Å². The maximum Gasteiger partial charge on any atom is 0.312 e. The number of hydrogen-bond donors (Lipinski definition) is 2. The third-order valence-corrected chi connectivity index (χ3v) is 4.12. The van der Waals surface area contributed by atoms with Crippen molar-refractivity contribution in [3.05, 3.63) is 23.7 Å². The Bertz CT molecular complexity index is 526. The van der Waals surface area contributed by atoms with Gasteiger partial charge in [0, 0.05) is 13.0 Å². The molecule has 0 aliphatic carbocycles. The topological polar surface area (TPSA) is 88.6 Å². The van der Waals surface area contributed by atoms with Crippen LogP contribution in [0.2, 0.25) is 0 Å². The SMILES string of the molecule is CCc1ccc([C@H]2CCCCCN2C(=O)[C@@H](C)NC(N)=O)o1. The molecule has 122 valence electrons. The summed E-state index contributed by atoms with van der Waals surface area (Å²) in [7, 11) is 0. The van der Waals surface area contributed by atoms with Crippen LogP contribution < -0.4 is 11.1 Å². The molecule has 2 rings (SSSR count). The number of carbonyl (C=O) groups excluding carboxylic acids is 2. The van der Waals surface area contributed by atoms with E-state index in [4.69, 9.17) is 10.2 Å². The average molecular weight is 307 g/mol. The molecule has 6 heteroatoms. The van der Waals surface area contributed by atoms with E-state index in [1.54, 1.807) is 6.92 Å². The molecule has 0 saturated carbocycles. The molecule has 6 nitrogen and oxygen atoms in total. The first-order chi connectivity index (χ1) is 10.5. The third kappa shape index (κ3) is 3.81. The first kappa shape index (κ1) is 16.4. The van der Waals surface area contributed by atoms with E-state index >= 15 is 0 Å². The third-order valence-electron chi connectivity index (χ3n) is 4.12. The lowest BCUT2D eigenvalue weighted by molar-refractivity contribution is -0.135. The van der Waals surface area contributed by atoms with Crippen molar-refractivity contribution in [2.75, 3.05) is 6.54 Å². The number of primary amides is 1. The van der Waals surface area contributed by atoms with Crippen LogP contribution in [0.25, 0.3) is 0 Å². The minimum atomic E-state index is -0.682. The largest absolute Gasteiger partial charge is 0.464 e. The first-order valence-electron chi connectivity index (χ1n) is 7.98. The molecule has 3 amide bonds. The fraction of sp³-hybridized carbons (Fsp3) is 0.625. The van der Waals surface area contributed by atoms with Gasteiger partial charge in [0.25, 0.3) is 0 Å². The molecular formula is C16H25N3O3. The first-order valence-corrected chi connectivity index (χ1v) is 7.98. The summed E-state index contributed by atoms with van der Waals surface area (Å²) < 4.78 is 5.86. The number of amides is 3. The van der Waals surface area contributed by atoms with E-state index < -0.39 is 12.1 Å². The van der Waals surface area contributed by atoms with Gasteiger partial charge in [-0.15, -0.1) is 0 Å². The number of nitrogens with one attached hydrogen (secondary N) is 1. The molecule has 1 fully saturated rings. The maximum absolute atomic E-state index is 12.7. The highest BCUT2D eigenvalue weighted by atomic mass is 16.3. The summed E-state index contributed by atoms with van der Waals surface area (Å²) in [5, 5.41) is 2.47. The van der Waals surface area contributed by atoms with Gasteiger partial charge in [-0.05, 0) is 31.9 Å². The minimum Gasteiger partial charge on any atom is -0.464 e. The highest BCUT2D eigenvalue weighted by Gasteiger charge is 2.31. The fourth-order valence-corrected chi connectivity index (χ4v) is 2.96. The molecule has 3 N–H and O–H groups in total. The van der Waals surface area contributed by atoms with Crippen molar-refractivity contribution in [2.45, 2.75) is 58.0 Å². The van der Waals surface area contributed by atoms with Crippen molar-refractivity contribution in [1.82, 2.24) is 10.2 Å². The van der Waals surface area contributed by atoms with Crippen LogP contribution in [0.4, 0.5) is 4.79 Å². The lowest BCUT2D eigenvalue weighted by Crippen LogP contribution is -2.49. The van der Waals surface area contributed by atoms with Crippen LogP contribution in [0.3, 0.4) is 0 Å². The van der Waals surface area contributed by atoms with Gasteiger partial charge in [-0.1, -0.05) is 19.8 Å². The molecule has 1 saturated heterocycles. The molecular weight excluding hydrogens is 282 g/mol. The molecule has 0 spiro atoms. The number of carbonyl (C=O) groups is 2. The maximum atomic E-state index is 12.7. The molecule has 0 bridgehead atoms. The van der Waals surface area contributed by atoms with Crippen LogP contribution in [0.1, 0.15) is 57.1 Å². The number of aryl methyl sites for hydroxylation is 1. The van der Waals surface area contributed by atoms with Crippen LogP contribution in [0, 0.1) is 0 Å². The molecule has 22 heavy (non-hydrogen) atoms. The molecule has 1 aromatic rings. The summed E-state index contributed by atoms with van der Waals surface area (Å²) in [5.74, 6) is 1.65. The van der Waals surface area contributed by atoms with Crippen molar-refractivity contribution in [1.29, 1.82) is 0 Å². The van der Waals surface area contributed by atoms with Gasteiger partial charge in [0.1, 0.15) is 17.6 Å². The Balaban J connectivity index is 2.19. The fourth-order valence-electron chi connectivity index (χ4n) is 2.96. The van der Waals surface area contributed by atoms with E-state index in [0.717, 1.165) is 43.6 Å². The van der Waals surface area contributed by atoms with Gasteiger partial charge in [0.2, 0.25) is 5.91 Å². The van der Waals surface area contributed by atoms with Crippen molar-refractivity contribution in [3.8, 4) is 0 Å². The Kier molecular flexibility index (Phi) is 5.46. The smallest absolute Gasteiger partial charge is 0.312 e. The minimum absolute atomic E-state index is 0.0626. The lowest BCUT2D eigenvalue weighted by Gasteiger charge is -2.31. The monoisotopic (exact) mass is 307 g/mol. The van der Waals surface area contributed by atoms with Gasteiger partial charge in [-0.2, -0.15) is 0 Å². The Morgan fingerprint density at radius 2 is 2.18 bits per heavy atom. The van der Waals surface area contributed by atoms with E-state index in [-0.39, 0.29) is 11.9 Å².